The van der Waals surface area contributed by atoms with Crippen LogP contribution in [0.5, 0.6) is 0 Å². The number of carbonyl (C=O) groups is 2. The summed E-state index contributed by atoms with van der Waals surface area (Å²) >= 11 is 0. The molecule has 0 aromatic rings. The number of aliphatic hydroxyl groups excluding tert-OH is 1. The van der Waals surface area contributed by atoms with Crippen LogP contribution in [0.1, 0.15) is 110 Å². The number of Topliss-reactive ketones (excluding diaryl/α,β-unsaturated/α-hetero) is 1. The van der Waals surface area contributed by atoms with Gasteiger partial charge in [0.15, 0.2) is 0 Å². The van der Waals surface area contributed by atoms with Crippen LogP contribution in [0.25, 0.3) is 0 Å². The standard InChI is InChI=1S/C21H40O4/c1-3-4-5-6-10-15-20(23)16-12-14-19(18(2)22)13-9-7-8-11-17-21(24)25/h19-20,23H,3-17H2,1-2H3,(H,24,25). The molecule has 0 fully saturated rings. The third-order valence-corrected chi connectivity index (χ3v) is 5.00. The maximum atomic E-state index is 11.8. The third kappa shape index (κ3) is 16.3. The van der Waals surface area contributed by atoms with Crippen molar-refractivity contribution in [3.8, 4) is 0 Å². The lowest BCUT2D eigenvalue weighted by Crippen LogP contribution is -2.13. The van der Waals surface area contributed by atoms with Crippen LogP contribution in [0.15, 0.2) is 0 Å². The average Bonchev–Trinajstić information content (AvgIpc) is 2.55. The van der Waals surface area contributed by atoms with E-state index in [1.165, 1.54) is 25.7 Å². The minimum atomic E-state index is -0.731. The maximum absolute atomic E-state index is 11.8. The average molecular weight is 357 g/mol. The number of carbonyl (C=O) groups excluding carboxylic acids is 1. The van der Waals surface area contributed by atoms with Crippen molar-refractivity contribution in [2.75, 3.05) is 0 Å². The Morgan fingerprint density at radius 3 is 1.88 bits per heavy atom. The number of carboxylic acid groups (broad SMARTS) is 1. The Morgan fingerprint density at radius 2 is 1.28 bits per heavy atom. The fraction of sp³-hybridized carbons (Fsp3) is 0.905. The first kappa shape index (κ1) is 24.1. The lowest BCUT2D eigenvalue weighted by molar-refractivity contribution is -0.137. The van der Waals surface area contributed by atoms with E-state index in [1.54, 1.807) is 6.92 Å². The van der Waals surface area contributed by atoms with Gasteiger partial charge in [0.2, 0.25) is 0 Å². The van der Waals surface area contributed by atoms with Gasteiger partial charge >= 0.3 is 5.97 Å². The molecule has 25 heavy (non-hydrogen) atoms. The Balaban J connectivity index is 3.71. The zero-order valence-corrected chi connectivity index (χ0v) is 16.5. The van der Waals surface area contributed by atoms with Gasteiger partial charge in [-0.2, -0.15) is 0 Å². The van der Waals surface area contributed by atoms with E-state index in [0.29, 0.717) is 0 Å². The normalized spacial score (nSPS) is 13.6. The molecular formula is C21H40O4. The lowest BCUT2D eigenvalue weighted by Gasteiger charge is -2.15. The molecule has 0 amide bonds. The van der Waals surface area contributed by atoms with Gasteiger partial charge in [-0.1, -0.05) is 64.7 Å². The van der Waals surface area contributed by atoms with Crippen molar-refractivity contribution in [1.82, 2.24) is 0 Å². The third-order valence-electron chi connectivity index (χ3n) is 5.00. The van der Waals surface area contributed by atoms with Crippen molar-refractivity contribution in [2.45, 2.75) is 116 Å². The number of hydrogen-bond acceptors (Lipinski definition) is 3. The summed E-state index contributed by atoms with van der Waals surface area (Å²) in [7, 11) is 0. The minimum absolute atomic E-state index is 0.108. The largest absolute Gasteiger partial charge is 0.481 e. The summed E-state index contributed by atoms with van der Waals surface area (Å²) in [6, 6.07) is 0. The topological polar surface area (TPSA) is 74.6 Å². The SMILES string of the molecule is CCCCCCCC(O)CCCC(CCCCCCC(=O)O)C(C)=O. The number of aliphatic carboxylic acids is 1. The first-order chi connectivity index (χ1) is 12.0. The van der Waals surface area contributed by atoms with Gasteiger partial charge in [-0.25, -0.2) is 0 Å². The molecule has 4 nitrogen and oxygen atoms in total. The summed E-state index contributed by atoms with van der Waals surface area (Å²) in [5.41, 5.74) is 0. The molecule has 0 aliphatic heterocycles. The van der Waals surface area contributed by atoms with Crippen molar-refractivity contribution >= 4 is 11.8 Å². The molecular weight excluding hydrogens is 316 g/mol. The number of hydrogen-bond donors (Lipinski definition) is 2. The second kappa shape index (κ2) is 16.6. The van der Waals surface area contributed by atoms with E-state index >= 15 is 0 Å². The Kier molecular flexibility index (Phi) is 16.0. The van der Waals surface area contributed by atoms with Gasteiger partial charge in [0, 0.05) is 12.3 Å². The summed E-state index contributed by atoms with van der Waals surface area (Å²) in [6.45, 7) is 3.87. The first-order valence-corrected chi connectivity index (χ1v) is 10.4. The van der Waals surface area contributed by atoms with E-state index in [1.807, 2.05) is 0 Å². The summed E-state index contributed by atoms with van der Waals surface area (Å²) in [5.74, 6) is -0.374. The highest BCUT2D eigenvalue weighted by atomic mass is 16.4. The lowest BCUT2D eigenvalue weighted by atomic mass is 9.91. The molecule has 2 atom stereocenters. The molecule has 148 valence electrons. The van der Waals surface area contributed by atoms with Gasteiger partial charge in [0.1, 0.15) is 5.78 Å². The molecule has 4 heteroatoms. The Labute approximate surface area is 154 Å². The Bertz CT molecular complexity index is 341. The number of rotatable bonds is 18. The quantitative estimate of drug-likeness (QED) is 0.318. The van der Waals surface area contributed by atoms with Gasteiger partial charge in [-0.05, 0) is 39.0 Å². The summed E-state index contributed by atoms with van der Waals surface area (Å²) < 4.78 is 0. The highest BCUT2D eigenvalue weighted by Crippen LogP contribution is 2.20. The molecule has 0 aliphatic carbocycles. The smallest absolute Gasteiger partial charge is 0.303 e. The first-order valence-electron chi connectivity index (χ1n) is 10.4. The highest BCUT2D eigenvalue weighted by Gasteiger charge is 2.14. The Morgan fingerprint density at radius 1 is 0.760 bits per heavy atom. The molecule has 0 aliphatic rings. The van der Waals surface area contributed by atoms with Crippen molar-refractivity contribution in [3.63, 3.8) is 0 Å². The molecule has 0 heterocycles. The molecule has 2 N–H and O–H groups in total. The van der Waals surface area contributed by atoms with E-state index in [9.17, 15) is 14.7 Å². The number of carboxylic acids is 1. The monoisotopic (exact) mass is 356 g/mol. The van der Waals surface area contributed by atoms with Crippen LogP contribution in [0.4, 0.5) is 0 Å². The van der Waals surface area contributed by atoms with Gasteiger partial charge in [-0.3, -0.25) is 9.59 Å². The van der Waals surface area contributed by atoms with Crippen molar-refractivity contribution < 1.29 is 19.8 Å². The summed E-state index contributed by atoms with van der Waals surface area (Å²) in [4.78, 5) is 22.2. The van der Waals surface area contributed by atoms with Gasteiger partial charge < -0.3 is 10.2 Å². The fourth-order valence-electron chi connectivity index (χ4n) is 3.30. The predicted octanol–water partition coefficient (Wildman–Crippen LogP) is 5.51. The van der Waals surface area contributed by atoms with Crippen LogP contribution in [0.2, 0.25) is 0 Å². The Hall–Kier alpha value is -0.900. The van der Waals surface area contributed by atoms with Crippen LogP contribution in [0.3, 0.4) is 0 Å². The number of unbranched alkanes of at least 4 members (excludes halogenated alkanes) is 7. The molecule has 0 saturated heterocycles. The fourth-order valence-corrected chi connectivity index (χ4v) is 3.30. The van der Waals surface area contributed by atoms with Crippen molar-refractivity contribution in [1.29, 1.82) is 0 Å². The number of ketones is 1. The number of aliphatic hydroxyl groups is 1. The highest BCUT2D eigenvalue weighted by molar-refractivity contribution is 5.78. The zero-order valence-electron chi connectivity index (χ0n) is 16.5. The van der Waals surface area contributed by atoms with Crippen LogP contribution >= 0.6 is 0 Å². The van der Waals surface area contributed by atoms with E-state index in [-0.39, 0.29) is 24.2 Å². The van der Waals surface area contributed by atoms with Crippen molar-refractivity contribution in [3.05, 3.63) is 0 Å². The molecule has 0 rings (SSSR count). The van der Waals surface area contributed by atoms with Crippen LogP contribution < -0.4 is 0 Å². The molecule has 0 radical (unpaired) electrons. The van der Waals surface area contributed by atoms with Crippen molar-refractivity contribution in [2.24, 2.45) is 5.92 Å². The molecule has 2 unspecified atom stereocenters. The van der Waals surface area contributed by atoms with Crippen LogP contribution in [-0.2, 0) is 9.59 Å². The summed E-state index contributed by atoms with van der Waals surface area (Å²) in [6.07, 6.45) is 14.1. The van der Waals surface area contributed by atoms with Gasteiger partial charge in [-0.15, -0.1) is 0 Å². The molecule has 0 aromatic heterocycles. The zero-order chi connectivity index (χ0) is 18.9. The van der Waals surface area contributed by atoms with Gasteiger partial charge in [0.05, 0.1) is 6.10 Å². The molecule has 0 bridgehead atoms. The second-order valence-corrected chi connectivity index (χ2v) is 7.44. The van der Waals surface area contributed by atoms with Crippen LogP contribution in [-0.4, -0.2) is 28.1 Å². The summed E-state index contributed by atoms with van der Waals surface area (Å²) in [5, 5.41) is 18.6. The van der Waals surface area contributed by atoms with E-state index in [4.69, 9.17) is 5.11 Å². The van der Waals surface area contributed by atoms with E-state index in [2.05, 4.69) is 6.92 Å². The van der Waals surface area contributed by atoms with E-state index in [0.717, 1.165) is 64.2 Å². The maximum Gasteiger partial charge on any atom is 0.303 e. The van der Waals surface area contributed by atoms with Gasteiger partial charge in [0.25, 0.3) is 0 Å². The predicted molar refractivity (Wildman–Crippen MR) is 103 cm³/mol. The molecule has 0 saturated carbocycles. The molecule has 0 spiro atoms. The molecule has 0 aromatic carbocycles. The van der Waals surface area contributed by atoms with Crippen LogP contribution in [0, 0.1) is 5.92 Å². The minimum Gasteiger partial charge on any atom is -0.481 e. The second-order valence-electron chi connectivity index (χ2n) is 7.44. The van der Waals surface area contributed by atoms with E-state index < -0.39 is 5.97 Å².